The lowest BCUT2D eigenvalue weighted by Crippen LogP contribution is -2.18. The average molecular weight is 383 g/mol. The summed E-state index contributed by atoms with van der Waals surface area (Å²) in [5.41, 5.74) is 1.22. The second kappa shape index (κ2) is 5.91. The van der Waals surface area contributed by atoms with E-state index >= 15 is 0 Å². The van der Waals surface area contributed by atoms with Gasteiger partial charge in [0.15, 0.2) is 0 Å². The van der Waals surface area contributed by atoms with Crippen LogP contribution in [0.3, 0.4) is 0 Å². The van der Waals surface area contributed by atoms with Crippen molar-refractivity contribution < 1.29 is 0 Å². The summed E-state index contributed by atoms with van der Waals surface area (Å²) in [5.74, 6) is 0.872. The number of aromatic nitrogens is 2. The summed E-state index contributed by atoms with van der Waals surface area (Å²) in [4.78, 5) is 13.0. The molecule has 0 aliphatic carbocycles. The molecule has 0 amide bonds. The Morgan fingerprint density at radius 2 is 1.95 bits per heavy atom. The van der Waals surface area contributed by atoms with E-state index in [0.717, 1.165) is 27.1 Å². The Labute approximate surface area is 140 Å². The third-order valence-electron chi connectivity index (χ3n) is 3.16. The highest BCUT2D eigenvalue weighted by Gasteiger charge is 2.13. The number of anilines is 1. The van der Waals surface area contributed by atoms with Crippen molar-refractivity contribution in [2.45, 2.75) is 13.5 Å². The van der Waals surface area contributed by atoms with Crippen LogP contribution < -0.4 is 4.90 Å². The number of halogens is 2. The highest BCUT2D eigenvalue weighted by atomic mass is 79.9. The molecule has 2 heterocycles. The van der Waals surface area contributed by atoms with Crippen LogP contribution in [0.1, 0.15) is 10.4 Å². The molecule has 21 heavy (non-hydrogen) atoms. The Morgan fingerprint density at radius 3 is 2.67 bits per heavy atom. The number of aryl methyl sites for hydroxylation is 1. The largest absolute Gasteiger partial charge is 0.355 e. The molecule has 0 aliphatic rings. The summed E-state index contributed by atoms with van der Waals surface area (Å²) < 4.78 is 1.08. The van der Waals surface area contributed by atoms with Crippen molar-refractivity contribution >= 4 is 54.9 Å². The van der Waals surface area contributed by atoms with Crippen molar-refractivity contribution in [1.29, 1.82) is 0 Å². The number of hydrogen-bond acceptors (Lipinski definition) is 4. The van der Waals surface area contributed by atoms with E-state index in [1.165, 1.54) is 10.4 Å². The van der Waals surface area contributed by atoms with Crippen LogP contribution in [0.2, 0.25) is 5.28 Å². The molecule has 0 aliphatic heterocycles. The number of benzene rings is 1. The topological polar surface area (TPSA) is 29.0 Å². The van der Waals surface area contributed by atoms with Crippen LogP contribution in [0, 0.1) is 6.92 Å². The SMILES string of the molecule is Cc1cc2c(N(C)Cc3ccc(Br)cc3)nc(Cl)nc2s1. The highest BCUT2D eigenvalue weighted by Crippen LogP contribution is 2.31. The van der Waals surface area contributed by atoms with E-state index in [2.05, 4.69) is 55.9 Å². The van der Waals surface area contributed by atoms with Crippen LogP contribution in [0.25, 0.3) is 10.2 Å². The predicted octanol–water partition coefficient (Wildman–Crippen LogP) is 5.05. The molecule has 0 bridgehead atoms. The van der Waals surface area contributed by atoms with Crippen LogP contribution in [0.5, 0.6) is 0 Å². The van der Waals surface area contributed by atoms with E-state index in [4.69, 9.17) is 11.6 Å². The minimum atomic E-state index is 0.294. The van der Waals surface area contributed by atoms with E-state index in [1.54, 1.807) is 11.3 Å². The fraction of sp³-hybridized carbons (Fsp3) is 0.200. The average Bonchev–Trinajstić information content (AvgIpc) is 2.80. The summed E-state index contributed by atoms with van der Waals surface area (Å²) >= 11 is 11.1. The third-order valence-corrected chi connectivity index (χ3v) is 4.81. The highest BCUT2D eigenvalue weighted by molar-refractivity contribution is 9.10. The van der Waals surface area contributed by atoms with Crippen molar-refractivity contribution in [2.75, 3.05) is 11.9 Å². The molecule has 108 valence electrons. The van der Waals surface area contributed by atoms with Gasteiger partial charge in [0.05, 0.1) is 5.39 Å². The van der Waals surface area contributed by atoms with Crippen molar-refractivity contribution in [1.82, 2.24) is 9.97 Å². The smallest absolute Gasteiger partial charge is 0.225 e. The van der Waals surface area contributed by atoms with E-state index in [9.17, 15) is 0 Å². The summed E-state index contributed by atoms with van der Waals surface area (Å²) in [6.45, 7) is 2.84. The molecule has 2 aromatic heterocycles. The molecule has 0 saturated heterocycles. The van der Waals surface area contributed by atoms with Gasteiger partial charge in [0.2, 0.25) is 5.28 Å². The van der Waals surface area contributed by atoms with Gasteiger partial charge in [-0.25, -0.2) is 4.98 Å². The van der Waals surface area contributed by atoms with Crippen molar-refractivity contribution in [3.05, 3.63) is 50.5 Å². The van der Waals surface area contributed by atoms with Crippen molar-refractivity contribution in [2.24, 2.45) is 0 Å². The maximum absolute atomic E-state index is 6.05. The Bertz CT molecular complexity index is 785. The van der Waals surface area contributed by atoms with Crippen LogP contribution in [0.15, 0.2) is 34.8 Å². The maximum atomic E-state index is 6.05. The standard InChI is InChI=1S/C15H13BrClN3S/c1-9-7-12-13(18-15(17)19-14(12)21-9)20(2)8-10-3-5-11(16)6-4-10/h3-7H,8H2,1-2H3. The first-order valence-corrected chi connectivity index (χ1v) is 8.41. The Kier molecular flexibility index (Phi) is 4.15. The molecule has 3 aromatic rings. The zero-order valence-corrected chi connectivity index (χ0v) is 14.8. The van der Waals surface area contributed by atoms with Crippen LogP contribution in [0.4, 0.5) is 5.82 Å². The predicted molar refractivity (Wildman–Crippen MR) is 93.4 cm³/mol. The van der Waals surface area contributed by atoms with Crippen molar-refractivity contribution in [3.8, 4) is 0 Å². The summed E-state index contributed by atoms with van der Waals surface area (Å²) in [7, 11) is 2.02. The van der Waals surface area contributed by atoms with Gasteiger partial charge in [-0.2, -0.15) is 4.98 Å². The second-order valence-electron chi connectivity index (χ2n) is 4.87. The minimum absolute atomic E-state index is 0.294. The van der Waals surface area contributed by atoms with E-state index in [1.807, 2.05) is 19.2 Å². The molecule has 0 atom stereocenters. The Morgan fingerprint density at radius 1 is 1.24 bits per heavy atom. The molecular formula is C15H13BrClN3S. The lowest BCUT2D eigenvalue weighted by atomic mass is 10.2. The molecule has 0 saturated carbocycles. The van der Waals surface area contributed by atoms with E-state index in [-0.39, 0.29) is 0 Å². The first kappa shape index (κ1) is 14.8. The minimum Gasteiger partial charge on any atom is -0.355 e. The van der Waals surface area contributed by atoms with Crippen molar-refractivity contribution in [3.63, 3.8) is 0 Å². The third kappa shape index (κ3) is 3.20. The molecule has 0 radical (unpaired) electrons. The van der Waals surface area contributed by atoms with Gasteiger partial charge in [-0.05, 0) is 42.3 Å². The van der Waals surface area contributed by atoms with E-state index < -0.39 is 0 Å². The Hall–Kier alpha value is -1.17. The fourth-order valence-corrected chi connectivity index (χ4v) is 3.58. The number of rotatable bonds is 3. The summed E-state index contributed by atoms with van der Waals surface area (Å²) in [6, 6.07) is 10.4. The van der Waals surface area contributed by atoms with Crippen LogP contribution >= 0.6 is 38.9 Å². The monoisotopic (exact) mass is 381 g/mol. The molecule has 0 spiro atoms. The first-order valence-electron chi connectivity index (χ1n) is 6.42. The molecule has 1 aromatic carbocycles. The van der Waals surface area contributed by atoms with Gasteiger partial charge in [0.1, 0.15) is 10.6 Å². The summed E-state index contributed by atoms with van der Waals surface area (Å²) in [5, 5.41) is 1.35. The van der Waals surface area contributed by atoms with Gasteiger partial charge < -0.3 is 4.90 Å². The lowest BCUT2D eigenvalue weighted by molar-refractivity contribution is 0.901. The second-order valence-corrected chi connectivity index (χ2v) is 7.36. The molecule has 0 unspecified atom stereocenters. The molecule has 6 heteroatoms. The number of thiophene rings is 1. The van der Waals surface area contributed by atoms with Crippen LogP contribution in [-0.4, -0.2) is 17.0 Å². The van der Waals surface area contributed by atoms with E-state index in [0.29, 0.717) is 5.28 Å². The molecular weight excluding hydrogens is 370 g/mol. The molecule has 3 nitrogen and oxygen atoms in total. The zero-order valence-electron chi connectivity index (χ0n) is 11.6. The Balaban J connectivity index is 1.97. The first-order chi connectivity index (χ1) is 10.0. The van der Waals surface area contributed by atoms with Gasteiger partial charge in [0.25, 0.3) is 0 Å². The lowest BCUT2D eigenvalue weighted by Gasteiger charge is -2.19. The number of fused-ring (bicyclic) bond motifs is 1. The number of nitrogens with zero attached hydrogens (tertiary/aromatic N) is 3. The normalized spacial score (nSPS) is 11.0. The van der Waals surface area contributed by atoms with Crippen LogP contribution in [-0.2, 0) is 6.54 Å². The van der Waals surface area contributed by atoms with Gasteiger partial charge in [0, 0.05) is 22.9 Å². The number of hydrogen-bond donors (Lipinski definition) is 0. The molecule has 0 fully saturated rings. The van der Waals surface area contributed by atoms with Gasteiger partial charge in [-0.15, -0.1) is 11.3 Å². The van der Waals surface area contributed by atoms with Gasteiger partial charge >= 0.3 is 0 Å². The summed E-state index contributed by atoms with van der Waals surface area (Å²) in [6.07, 6.45) is 0. The van der Waals surface area contributed by atoms with Gasteiger partial charge in [-0.1, -0.05) is 28.1 Å². The maximum Gasteiger partial charge on any atom is 0.225 e. The molecule has 3 rings (SSSR count). The fourth-order valence-electron chi connectivity index (χ4n) is 2.23. The quantitative estimate of drug-likeness (QED) is 0.593. The molecule has 0 N–H and O–H groups in total. The van der Waals surface area contributed by atoms with Gasteiger partial charge in [-0.3, -0.25) is 0 Å². The zero-order chi connectivity index (χ0) is 15.0.